The molecular formula is C10H15N3O2. The van der Waals surface area contributed by atoms with Gasteiger partial charge >= 0.3 is 5.82 Å². The van der Waals surface area contributed by atoms with Crippen molar-refractivity contribution in [1.29, 1.82) is 0 Å². The highest BCUT2D eigenvalue weighted by Gasteiger charge is 2.09. The largest absolute Gasteiger partial charge is 0.369 e. The highest BCUT2D eigenvalue weighted by atomic mass is 16.6. The lowest BCUT2D eigenvalue weighted by atomic mass is 10.3. The van der Waals surface area contributed by atoms with Gasteiger partial charge in [-0.1, -0.05) is 6.92 Å². The van der Waals surface area contributed by atoms with Crippen LogP contribution in [0.25, 0.3) is 0 Å². The fourth-order valence-electron chi connectivity index (χ4n) is 1.41. The van der Waals surface area contributed by atoms with E-state index >= 15 is 0 Å². The van der Waals surface area contributed by atoms with Gasteiger partial charge in [-0.2, -0.15) is 0 Å². The minimum Gasteiger partial charge on any atom is -0.369 e. The van der Waals surface area contributed by atoms with E-state index in [9.17, 15) is 10.1 Å². The second-order valence-electron chi connectivity index (χ2n) is 3.21. The molecule has 0 aromatic carbocycles. The second-order valence-corrected chi connectivity index (χ2v) is 3.21. The van der Waals surface area contributed by atoms with E-state index in [1.54, 1.807) is 12.3 Å². The van der Waals surface area contributed by atoms with Crippen LogP contribution in [0.5, 0.6) is 0 Å². The molecule has 0 unspecified atom stereocenters. The monoisotopic (exact) mass is 209 g/mol. The van der Waals surface area contributed by atoms with Gasteiger partial charge in [0.1, 0.15) is 0 Å². The number of nitro groups is 1. The van der Waals surface area contributed by atoms with Crippen LogP contribution in [-0.4, -0.2) is 23.0 Å². The fourth-order valence-corrected chi connectivity index (χ4v) is 1.41. The molecule has 1 rings (SSSR count). The molecule has 0 aliphatic rings. The molecule has 1 heterocycles. The highest BCUT2D eigenvalue weighted by Crippen LogP contribution is 2.16. The summed E-state index contributed by atoms with van der Waals surface area (Å²) in [6, 6.07) is 3.18. The molecule has 0 fully saturated rings. The van der Waals surface area contributed by atoms with Crippen LogP contribution in [0, 0.1) is 10.1 Å². The maximum absolute atomic E-state index is 10.4. The Balaban J connectivity index is 2.81. The van der Waals surface area contributed by atoms with E-state index in [1.165, 1.54) is 6.07 Å². The zero-order valence-corrected chi connectivity index (χ0v) is 9.01. The van der Waals surface area contributed by atoms with Crippen molar-refractivity contribution in [2.45, 2.75) is 20.3 Å². The molecule has 0 atom stereocenters. The predicted molar refractivity (Wildman–Crippen MR) is 59.1 cm³/mol. The van der Waals surface area contributed by atoms with Crippen molar-refractivity contribution in [3.05, 3.63) is 28.4 Å². The predicted octanol–water partition coefficient (Wildman–Crippen LogP) is 2.23. The molecule has 5 nitrogen and oxygen atoms in total. The Morgan fingerprint density at radius 1 is 1.47 bits per heavy atom. The summed E-state index contributed by atoms with van der Waals surface area (Å²) in [7, 11) is 0. The normalized spacial score (nSPS) is 10.0. The molecule has 0 aliphatic heterocycles. The summed E-state index contributed by atoms with van der Waals surface area (Å²) < 4.78 is 0. The van der Waals surface area contributed by atoms with Crippen LogP contribution in [0.2, 0.25) is 0 Å². The molecule has 15 heavy (non-hydrogen) atoms. The molecule has 0 amide bonds. The first-order valence-corrected chi connectivity index (χ1v) is 5.04. The number of nitrogens with zero attached hydrogens (tertiary/aromatic N) is 3. The maximum Gasteiger partial charge on any atom is 0.363 e. The quantitative estimate of drug-likeness (QED) is 0.551. The Labute approximate surface area is 88.9 Å². The van der Waals surface area contributed by atoms with Crippen LogP contribution >= 0.6 is 0 Å². The van der Waals surface area contributed by atoms with Crippen molar-refractivity contribution in [2.75, 3.05) is 18.0 Å². The van der Waals surface area contributed by atoms with Crippen molar-refractivity contribution >= 4 is 11.5 Å². The molecule has 0 saturated carbocycles. The van der Waals surface area contributed by atoms with E-state index in [2.05, 4.69) is 23.7 Å². The molecule has 1 aromatic heterocycles. The number of pyridine rings is 1. The minimum atomic E-state index is -0.486. The summed E-state index contributed by atoms with van der Waals surface area (Å²) in [6.07, 6.45) is 2.60. The first-order valence-electron chi connectivity index (χ1n) is 5.04. The van der Waals surface area contributed by atoms with Crippen LogP contribution in [-0.2, 0) is 0 Å². The summed E-state index contributed by atoms with van der Waals surface area (Å²) in [6.45, 7) is 5.97. The molecule has 0 aliphatic carbocycles. The number of rotatable bonds is 5. The standard InChI is InChI=1S/C10H15N3O2/c1-3-7-12(4-2)9-5-6-10(11-8-9)13(14)15/h5-6,8H,3-4,7H2,1-2H3. The van der Waals surface area contributed by atoms with Gasteiger partial charge in [0.05, 0.1) is 5.69 Å². The lowest BCUT2D eigenvalue weighted by Gasteiger charge is -2.20. The van der Waals surface area contributed by atoms with E-state index in [4.69, 9.17) is 0 Å². The summed E-state index contributed by atoms with van der Waals surface area (Å²) in [5.74, 6) is -0.105. The first-order chi connectivity index (χ1) is 7.19. The van der Waals surface area contributed by atoms with Gasteiger partial charge in [-0.05, 0) is 29.3 Å². The summed E-state index contributed by atoms with van der Waals surface area (Å²) in [4.78, 5) is 15.8. The van der Waals surface area contributed by atoms with Crippen LogP contribution < -0.4 is 4.90 Å². The van der Waals surface area contributed by atoms with E-state index in [0.717, 1.165) is 25.2 Å². The first kappa shape index (κ1) is 11.4. The molecule has 0 spiro atoms. The van der Waals surface area contributed by atoms with E-state index < -0.39 is 4.92 Å². The lowest BCUT2D eigenvalue weighted by molar-refractivity contribution is -0.389. The van der Waals surface area contributed by atoms with Gasteiger partial charge in [0.25, 0.3) is 0 Å². The minimum absolute atomic E-state index is 0.105. The molecule has 1 aromatic rings. The molecule has 0 saturated heterocycles. The number of aromatic nitrogens is 1. The van der Waals surface area contributed by atoms with Gasteiger partial charge in [0.2, 0.25) is 0 Å². The van der Waals surface area contributed by atoms with E-state index in [0.29, 0.717) is 0 Å². The highest BCUT2D eigenvalue weighted by molar-refractivity contribution is 5.46. The van der Waals surface area contributed by atoms with Gasteiger partial charge in [0, 0.05) is 19.2 Å². The van der Waals surface area contributed by atoms with E-state index in [1.807, 2.05) is 0 Å². The molecule has 0 bridgehead atoms. The van der Waals surface area contributed by atoms with Crippen LogP contribution in [0.1, 0.15) is 20.3 Å². The van der Waals surface area contributed by atoms with Gasteiger partial charge in [0.15, 0.2) is 6.20 Å². The van der Waals surface area contributed by atoms with Crippen molar-refractivity contribution in [3.8, 4) is 0 Å². The third-order valence-electron chi connectivity index (χ3n) is 2.16. The van der Waals surface area contributed by atoms with Crippen LogP contribution in [0.3, 0.4) is 0 Å². The molecule has 82 valence electrons. The Morgan fingerprint density at radius 3 is 2.60 bits per heavy atom. The number of anilines is 1. The summed E-state index contributed by atoms with van der Waals surface area (Å²) >= 11 is 0. The maximum atomic E-state index is 10.4. The topological polar surface area (TPSA) is 59.3 Å². The summed E-state index contributed by atoms with van der Waals surface area (Å²) in [5.41, 5.74) is 0.935. The Bertz CT molecular complexity index is 324. The third kappa shape index (κ3) is 2.90. The smallest absolute Gasteiger partial charge is 0.363 e. The summed E-state index contributed by atoms with van der Waals surface area (Å²) in [5, 5.41) is 10.4. The SMILES string of the molecule is CCCN(CC)c1ccc([N+](=O)[O-])nc1. The Kier molecular flexibility index (Phi) is 4.03. The van der Waals surface area contributed by atoms with Crippen molar-refractivity contribution < 1.29 is 4.92 Å². The Morgan fingerprint density at radius 2 is 2.20 bits per heavy atom. The average Bonchev–Trinajstić information content (AvgIpc) is 2.26. The fraction of sp³-hybridized carbons (Fsp3) is 0.500. The lowest BCUT2D eigenvalue weighted by Crippen LogP contribution is -2.23. The molecule has 0 radical (unpaired) electrons. The van der Waals surface area contributed by atoms with Crippen LogP contribution in [0.15, 0.2) is 18.3 Å². The molecular weight excluding hydrogens is 194 g/mol. The second kappa shape index (κ2) is 5.29. The molecule has 5 heteroatoms. The zero-order chi connectivity index (χ0) is 11.3. The van der Waals surface area contributed by atoms with Gasteiger partial charge in [-0.3, -0.25) is 0 Å². The number of hydrogen-bond donors (Lipinski definition) is 0. The van der Waals surface area contributed by atoms with Crippen molar-refractivity contribution in [2.24, 2.45) is 0 Å². The zero-order valence-electron chi connectivity index (χ0n) is 9.01. The van der Waals surface area contributed by atoms with Gasteiger partial charge in [-0.25, -0.2) is 0 Å². The van der Waals surface area contributed by atoms with Gasteiger partial charge in [-0.15, -0.1) is 0 Å². The van der Waals surface area contributed by atoms with Crippen LogP contribution in [0.4, 0.5) is 11.5 Å². The third-order valence-corrected chi connectivity index (χ3v) is 2.16. The van der Waals surface area contributed by atoms with Crippen molar-refractivity contribution in [3.63, 3.8) is 0 Å². The number of hydrogen-bond acceptors (Lipinski definition) is 4. The molecule has 0 N–H and O–H groups in total. The Hall–Kier alpha value is -1.65. The van der Waals surface area contributed by atoms with E-state index in [-0.39, 0.29) is 5.82 Å². The van der Waals surface area contributed by atoms with Gasteiger partial charge < -0.3 is 15.0 Å². The van der Waals surface area contributed by atoms with Crippen molar-refractivity contribution in [1.82, 2.24) is 4.98 Å². The average molecular weight is 209 g/mol.